The molecule has 140 heavy (non-hydrogen) atoms. The van der Waals surface area contributed by atoms with Crippen molar-refractivity contribution in [2.75, 3.05) is 203 Å². The van der Waals surface area contributed by atoms with Crippen LogP contribution in [0.3, 0.4) is 0 Å². The van der Waals surface area contributed by atoms with E-state index in [2.05, 4.69) is 122 Å². The van der Waals surface area contributed by atoms with E-state index in [4.69, 9.17) is 23.1 Å². The summed E-state index contributed by atoms with van der Waals surface area (Å²) in [6.45, 7) is -14.7. The normalized spacial score (nSPS) is 15.3. The monoisotopic (exact) mass is 2170 g/mol. The molecule has 1 aromatic rings. The second-order valence-corrected chi connectivity index (χ2v) is 42.8. The minimum atomic E-state index is -4.68. The van der Waals surface area contributed by atoms with Gasteiger partial charge in [-0.25, -0.2) is 0 Å². The van der Waals surface area contributed by atoms with Crippen molar-refractivity contribution >= 4 is 164 Å². The summed E-state index contributed by atoms with van der Waals surface area (Å²) >= 11 is 0. The molecular weight excluding hydrogens is 2050 g/mol. The smallest absolute Gasteiger partial charge is 0.266 e. The molecule has 64 nitrogen and oxygen atoms in total. The van der Waals surface area contributed by atoms with Crippen LogP contribution in [-0.4, -0.2) is 455 Å². The number of aliphatic hydroxyl groups is 1. The Kier molecular flexibility index (Phi) is 57.2. The molecule has 1 aromatic carbocycles. The summed E-state index contributed by atoms with van der Waals surface area (Å²) in [5.41, 5.74) is 0.475. The van der Waals surface area contributed by atoms with Crippen LogP contribution in [0.1, 0.15) is 38.7 Å². The second kappa shape index (κ2) is 63.3. The molecule has 0 saturated heterocycles. The number of ether oxygens (including phenoxy) is 2. The third-order valence-corrected chi connectivity index (χ3v) is 24.2. The van der Waals surface area contributed by atoms with Gasteiger partial charge in [-0.05, 0) is 43.4 Å². The lowest BCUT2D eigenvalue weighted by molar-refractivity contribution is -0.134. The van der Waals surface area contributed by atoms with E-state index in [0.29, 0.717) is 29.9 Å². The Morgan fingerprint density at radius 3 is 0.850 bits per heavy atom. The molecule has 804 valence electrons. The van der Waals surface area contributed by atoms with E-state index in [0.717, 1.165) is 0 Å². The molecule has 14 amide bonds. The van der Waals surface area contributed by atoms with Gasteiger partial charge in [-0.3, -0.25) is 109 Å². The third kappa shape index (κ3) is 63.2. The van der Waals surface area contributed by atoms with Crippen molar-refractivity contribution in [3.05, 3.63) is 23.8 Å². The predicted molar refractivity (Wildman–Crippen MR) is 487 cm³/mol. The third-order valence-electron chi connectivity index (χ3n) is 18.4. The molecule has 1 aliphatic rings. The van der Waals surface area contributed by atoms with Gasteiger partial charge in [0, 0.05) is 105 Å². The molecule has 0 aromatic heterocycles. The summed E-state index contributed by atoms with van der Waals surface area (Å²) in [5, 5.41) is 65.0. The highest BCUT2D eigenvalue weighted by molar-refractivity contribution is 7.87. The Morgan fingerprint density at radius 2 is 0.536 bits per heavy atom. The number of hydrogen-bond donors (Lipinski definition) is 32. The molecule has 2 rings (SSSR count). The van der Waals surface area contributed by atoms with Gasteiger partial charge in [-0.2, -0.15) is 67.3 Å². The fourth-order valence-electron chi connectivity index (χ4n) is 11.4. The summed E-state index contributed by atoms with van der Waals surface area (Å²) in [6.07, 6.45) is -2.79. The lowest BCUT2D eigenvalue weighted by Gasteiger charge is -2.33. The fraction of sp³-hybridized carbons (Fsp3) is 0.706. The second-order valence-electron chi connectivity index (χ2n) is 30.3. The van der Waals surface area contributed by atoms with Crippen LogP contribution >= 0.6 is 0 Å². The van der Waals surface area contributed by atoms with Gasteiger partial charge < -0.3 is 132 Å². The van der Waals surface area contributed by atoms with Crippen LogP contribution in [0.5, 0.6) is 11.5 Å². The molecule has 10 atom stereocenters. The Hall–Kier alpha value is -9.72. The highest BCUT2D eigenvalue weighted by atomic mass is 32.2. The minimum Gasteiger partial charge on any atom is -0.483 e. The zero-order chi connectivity index (χ0) is 106. The molecule has 0 spiro atoms. The number of hydrogen-bond acceptors (Lipinski definition) is 42. The van der Waals surface area contributed by atoms with Gasteiger partial charge in [0.1, 0.15) is 54.7 Å². The zero-order valence-corrected chi connectivity index (χ0v) is 81.8. The first-order chi connectivity index (χ1) is 65.0. The van der Waals surface area contributed by atoms with Crippen LogP contribution in [-0.2, 0) is 154 Å². The number of benzene rings is 1. The van der Waals surface area contributed by atoms with Gasteiger partial charge in [-0.15, -0.1) is 0 Å². The molecular formula is C68H123N23O41S8. The maximum atomic E-state index is 15.3. The van der Waals surface area contributed by atoms with E-state index < -0.39 is 421 Å². The lowest BCUT2D eigenvalue weighted by Crippen LogP contribution is -2.64. The Bertz CT molecular complexity index is 5280. The van der Waals surface area contributed by atoms with E-state index in [1.165, 1.54) is 0 Å². The fourth-order valence-corrected chi connectivity index (χ4v) is 14.6. The first-order valence-corrected chi connectivity index (χ1v) is 55.0. The molecule has 1 aliphatic heterocycles. The highest BCUT2D eigenvalue weighted by Crippen LogP contribution is 2.36. The summed E-state index contributed by atoms with van der Waals surface area (Å²) in [5.74, 6) is -24.4. The summed E-state index contributed by atoms with van der Waals surface area (Å²) < 4.78 is 269. The van der Waals surface area contributed by atoms with Gasteiger partial charge in [0.05, 0.1) is 104 Å². The first-order valence-electron chi connectivity index (χ1n) is 42.1. The topological polar surface area (TPSA) is 989 Å². The van der Waals surface area contributed by atoms with Crippen LogP contribution in [0.15, 0.2) is 18.2 Å². The highest BCUT2D eigenvalue weighted by Gasteiger charge is 2.37. The largest absolute Gasteiger partial charge is 0.483 e. The molecule has 0 radical (unpaired) electrons. The number of amides is 14. The number of fused-ring (bicyclic) bond motifs is 1. The van der Waals surface area contributed by atoms with Gasteiger partial charge in [0.25, 0.3) is 80.9 Å². The van der Waals surface area contributed by atoms with E-state index >= 15 is 14.4 Å². The molecule has 32 N–H and O–H groups in total. The Morgan fingerprint density at radius 1 is 0.286 bits per heavy atom. The standard InChI is InChI=1S/C68H123N23O41S8/c1-3-50-51(4-2)132-53-27-42(5-6-52(53)131-50)7-9-78-62(100)46(89-67(105)48(31-82-58(96)38-73-15-23-137(119,120)121)91-66(104)47(87-61(99)41-76-18-26-140(128,129)130)30-81-57(95)37-72-14-22-136(116,117)118)32-83-64(102)45(29-80-56(94)36-71-13-21-135(113,114)115)88-68(106)49(33-84-63(101)44(86-60(98)40-75-17-25-139(125,126)127)28-79-55(93)35-70-12-20-134(110,111)112)90-65(103)43(85-59(97)39-74-16-24-138(122,123)124)8-10-77-54(92)34-69-11-19-133(107,108)109/h5-6,27,43-51,65,69-76,90,103H,3-4,7-26,28-41H2,1-2H3,(H,77,92)(H,78,100)(H,79,93)(H,80,94)(H,81,95)(H,82,96)(H,83,102)(H,84,101)(H,85,97)(H,86,98)(H,87,99)(H,88,106)(H,89,105)(H,91,104)(H,107,108,109)(H,110,111,112)(H,113,114,115)(H,116,117,118)(H,119,120,121)(H,122,123,124)(H,125,126,127)(H,128,129,130). The maximum absolute atomic E-state index is 15.3. The minimum absolute atomic E-state index is 0.0785. The van der Waals surface area contributed by atoms with Crippen molar-refractivity contribution in [3.8, 4) is 11.5 Å². The number of nitrogens with one attached hydrogen (secondary N) is 23. The Balaban J connectivity index is 3.13. The quantitative estimate of drug-likeness (QED) is 0.0164. The number of aliphatic hydroxyl groups excluding tert-OH is 1. The van der Waals surface area contributed by atoms with Gasteiger partial charge in [0.2, 0.25) is 82.7 Å². The van der Waals surface area contributed by atoms with Crippen molar-refractivity contribution in [2.45, 2.75) is 100 Å². The maximum Gasteiger partial charge on any atom is 0.266 e. The van der Waals surface area contributed by atoms with E-state index in [1.807, 2.05) is 13.8 Å². The van der Waals surface area contributed by atoms with Crippen molar-refractivity contribution in [1.82, 2.24) is 122 Å². The van der Waals surface area contributed by atoms with Gasteiger partial charge in [0.15, 0.2) is 11.5 Å². The average Bonchev–Trinajstić information content (AvgIpc) is 0.805. The number of rotatable bonds is 75. The van der Waals surface area contributed by atoms with Crippen molar-refractivity contribution in [2.24, 2.45) is 0 Å². The van der Waals surface area contributed by atoms with Crippen LogP contribution in [0.2, 0.25) is 0 Å². The molecule has 0 bridgehead atoms. The summed E-state index contributed by atoms with van der Waals surface area (Å²) in [6, 6.07) is -10.3. The van der Waals surface area contributed by atoms with Crippen LogP contribution < -0.4 is 132 Å². The van der Waals surface area contributed by atoms with Crippen molar-refractivity contribution in [3.63, 3.8) is 0 Å². The number of carbonyl (C=O) groups is 14. The van der Waals surface area contributed by atoms with Crippen molar-refractivity contribution in [1.29, 1.82) is 0 Å². The zero-order valence-electron chi connectivity index (χ0n) is 75.3. The average molecular weight is 2180 g/mol. The van der Waals surface area contributed by atoms with Crippen LogP contribution in [0, 0.1) is 0 Å². The Labute approximate surface area is 805 Å². The van der Waals surface area contributed by atoms with E-state index in [9.17, 15) is 148 Å². The molecule has 0 saturated carbocycles. The van der Waals surface area contributed by atoms with Crippen LogP contribution in [0.4, 0.5) is 0 Å². The molecule has 1 heterocycles. The summed E-state index contributed by atoms with van der Waals surface area (Å²) in [7, 11) is -36.9. The molecule has 0 aliphatic carbocycles. The van der Waals surface area contributed by atoms with Crippen molar-refractivity contribution < 1.29 is 185 Å². The lowest BCUT2D eigenvalue weighted by atomic mass is 10.1. The summed E-state index contributed by atoms with van der Waals surface area (Å²) in [4.78, 5) is 196. The van der Waals surface area contributed by atoms with Crippen LogP contribution in [0.25, 0.3) is 0 Å². The first kappa shape index (κ1) is 126. The molecule has 72 heteroatoms. The van der Waals surface area contributed by atoms with Gasteiger partial charge in [-0.1, -0.05) is 19.9 Å². The number of carbonyl (C=O) groups excluding carboxylic acids is 14. The van der Waals surface area contributed by atoms with E-state index in [-0.39, 0.29) is 19.1 Å². The van der Waals surface area contributed by atoms with Gasteiger partial charge >= 0.3 is 0 Å². The molecule has 0 fully saturated rings. The molecule has 10 unspecified atom stereocenters. The predicted octanol–water partition coefficient (Wildman–Crippen LogP) is -19.1. The SMILES string of the molecule is CCC1Oc2ccc(CCNC(=O)C(CNC(=O)C(CNC(=O)CNCCS(=O)(=O)O)NC(=O)C(CNC(=O)C(CNC(=O)CNCCS(=O)(=O)O)NC(=O)CNCCS(=O)(=O)O)NC(O)C(CCNC(=O)CNCCS(=O)(=O)O)NC(=O)CNCCS(=O)(=O)O)NC(=O)C(CNC(=O)CNCCS(=O)(=O)O)NC(=O)C(CNC(=O)CNCCS(=O)(=O)O)NC(=O)CNCCS(=O)(=O)O)cc2OC1CC. The van der Waals surface area contributed by atoms with E-state index in [1.54, 1.807) is 18.2 Å².